The SMILES string of the molecule is COc1ccc(NC(=O)c2ccccc2NC(=O)[C@@H](C)NC(=O)c2ccco2)c(OC)c1. The van der Waals surface area contributed by atoms with Crippen LogP contribution in [0.3, 0.4) is 0 Å². The first-order valence-electron chi connectivity index (χ1n) is 9.70. The first-order valence-corrected chi connectivity index (χ1v) is 9.70. The van der Waals surface area contributed by atoms with Gasteiger partial charge in [-0.1, -0.05) is 12.1 Å². The van der Waals surface area contributed by atoms with Crippen LogP contribution in [0, 0.1) is 0 Å². The third kappa shape index (κ3) is 5.25. The minimum atomic E-state index is -0.870. The molecule has 0 unspecified atom stereocenters. The van der Waals surface area contributed by atoms with Crippen LogP contribution in [0.1, 0.15) is 27.8 Å². The fourth-order valence-electron chi connectivity index (χ4n) is 2.86. The maximum absolute atomic E-state index is 12.9. The molecule has 1 aromatic heterocycles. The van der Waals surface area contributed by atoms with Gasteiger partial charge >= 0.3 is 0 Å². The number of hydrogen-bond donors (Lipinski definition) is 3. The summed E-state index contributed by atoms with van der Waals surface area (Å²) < 4.78 is 15.5. The Morgan fingerprint density at radius 1 is 0.875 bits per heavy atom. The van der Waals surface area contributed by atoms with E-state index in [-0.39, 0.29) is 11.3 Å². The summed E-state index contributed by atoms with van der Waals surface area (Å²) in [5, 5.41) is 7.99. The van der Waals surface area contributed by atoms with E-state index in [1.807, 2.05) is 0 Å². The van der Waals surface area contributed by atoms with Crippen molar-refractivity contribution in [3.8, 4) is 11.5 Å². The Kier molecular flexibility index (Phi) is 7.12. The van der Waals surface area contributed by atoms with E-state index in [0.29, 0.717) is 22.9 Å². The molecule has 9 nitrogen and oxygen atoms in total. The van der Waals surface area contributed by atoms with Crippen molar-refractivity contribution in [1.29, 1.82) is 0 Å². The van der Waals surface area contributed by atoms with Crippen molar-refractivity contribution in [3.05, 3.63) is 72.2 Å². The molecule has 1 atom stereocenters. The average molecular weight is 437 g/mol. The molecule has 0 radical (unpaired) electrons. The number of rotatable bonds is 8. The number of furan rings is 1. The zero-order valence-corrected chi connectivity index (χ0v) is 17.8. The first-order chi connectivity index (χ1) is 15.4. The highest BCUT2D eigenvalue weighted by atomic mass is 16.5. The molecule has 0 bridgehead atoms. The standard InChI is InChI=1S/C23H23N3O6/c1-14(24-23(29)19-9-6-12-32-19)21(27)25-17-8-5-4-7-16(17)22(28)26-18-11-10-15(30-2)13-20(18)31-3/h4-14H,1-3H3,(H,24,29)(H,25,27)(H,26,28)/t14-/m1/s1. The predicted octanol–water partition coefficient (Wildman–Crippen LogP) is 3.31. The lowest BCUT2D eigenvalue weighted by atomic mass is 10.1. The van der Waals surface area contributed by atoms with Crippen molar-refractivity contribution >= 4 is 29.1 Å². The summed E-state index contributed by atoms with van der Waals surface area (Å²) in [6.45, 7) is 1.53. The molecule has 3 amide bonds. The molecule has 2 aromatic carbocycles. The molecule has 3 rings (SSSR count). The number of amides is 3. The van der Waals surface area contributed by atoms with Gasteiger partial charge in [-0.25, -0.2) is 0 Å². The van der Waals surface area contributed by atoms with E-state index >= 15 is 0 Å². The molecule has 3 aromatic rings. The highest BCUT2D eigenvalue weighted by Crippen LogP contribution is 2.30. The lowest BCUT2D eigenvalue weighted by Gasteiger charge is -2.16. The number of benzene rings is 2. The smallest absolute Gasteiger partial charge is 0.287 e. The van der Waals surface area contributed by atoms with Crippen molar-refractivity contribution in [2.45, 2.75) is 13.0 Å². The monoisotopic (exact) mass is 437 g/mol. The van der Waals surface area contributed by atoms with Gasteiger partial charge in [-0.3, -0.25) is 14.4 Å². The van der Waals surface area contributed by atoms with Crippen LogP contribution in [0.2, 0.25) is 0 Å². The molecule has 3 N–H and O–H groups in total. The van der Waals surface area contributed by atoms with Crippen LogP contribution >= 0.6 is 0 Å². The lowest BCUT2D eigenvalue weighted by molar-refractivity contribution is -0.117. The van der Waals surface area contributed by atoms with E-state index in [4.69, 9.17) is 13.9 Å². The number of methoxy groups -OCH3 is 2. The summed E-state index contributed by atoms with van der Waals surface area (Å²) in [7, 11) is 3.01. The highest BCUT2D eigenvalue weighted by molar-refractivity contribution is 6.11. The Morgan fingerprint density at radius 2 is 1.66 bits per heavy atom. The number of para-hydroxylation sites is 1. The molecule has 1 heterocycles. The number of hydrogen-bond acceptors (Lipinski definition) is 6. The maximum atomic E-state index is 12.9. The normalized spacial score (nSPS) is 11.2. The number of ether oxygens (including phenoxy) is 2. The Labute approximate surface area is 184 Å². The van der Waals surface area contributed by atoms with Gasteiger partial charge in [0.05, 0.1) is 37.4 Å². The van der Waals surface area contributed by atoms with E-state index in [1.165, 1.54) is 33.5 Å². The Bertz CT molecular complexity index is 1110. The second kappa shape index (κ2) is 10.2. The molecular weight excluding hydrogens is 414 g/mol. The maximum Gasteiger partial charge on any atom is 0.287 e. The Morgan fingerprint density at radius 3 is 2.34 bits per heavy atom. The molecule has 0 aliphatic heterocycles. The van der Waals surface area contributed by atoms with E-state index in [1.54, 1.807) is 48.5 Å². The van der Waals surface area contributed by atoms with Gasteiger partial charge in [-0.15, -0.1) is 0 Å². The van der Waals surface area contributed by atoms with Crippen LogP contribution < -0.4 is 25.4 Å². The summed E-state index contributed by atoms with van der Waals surface area (Å²) in [6.07, 6.45) is 1.37. The van der Waals surface area contributed by atoms with E-state index in [0.717, 1.165) is 0 Å². The van der Waals surface area contributed by atoms with Crippen molar-refractivity contribution in [1.82, 2.24) is 5.32 Å². The lowest BCUT2D eigenvalue weighted by Crippen LogP contribution is -2.41. The van der Waals surface area contributed by atoms with Gasteiger partial charge < -0.3 is 29.8 Å². The van der Waals surface area contributed by atoms with Gasteiger partial charge in [0, 0.05) is 6.07 Å². The molecule has 0 spiro atoms. The molecule has 0 aliphatic rings. The average Bonchev–Trinajstić information content (AvgIpc) is 3.34. The van der Waals surface area contributed by atoms with Crippen LogP contribution in [-0.2, 0) is 4.79 Å². The topological polar surface area (TPSA) is 119 Å². The fourth-order valence-corrected chi connectivity index (χ4v) is 2.86. The third-order valence-electron chi connectivity index (χ3n) is 4.57. The minimum Gasteiger partial charge on any atom is -0.497 e. The van der Waals surface area contributed by atoms with Gasteiger partial charge in [0.2, 0.25) is 5.91 Å². The fraction of sp³-hybridized carbons (Fsp3) is 0.174. The second-order valence-electron chi connectivity index (χ2n) is 6.73. The number of carbonyl (C=O) groups is 3. The molecule has 32 heavy (non-hydrogen) atoms. The molecule has 0 saturated heterocycles. The minimum absolute atomic E-state index is 0.0952. The Hall–Kier alpha value is -4.27. The third-order valence-corrected chi connectivity index (χ3v) is 4.57. The zero-order valence-electron chi connectivity index (χ0n) is 17.8. The molecule has 166 valence electrons. The molecular formula is C23H23N3O6. The molecule has 0 aliphatic carbocycles. The van der Waals surface area contributed by atoms with E-state index in [9.17, 15) is 14.4 Å². The van der Waals surface area contributed by atoms with Crippen LogP contribution in [0.25, 0.3) is 0 Å². The summed E-state index contributed by atoms with van der Waals surface area (Å²) in [5.74, 6) is -0.358. The number of nitrogens with one attached hydrogen (secondary N) is 3. The summed E-state index contributed by atoms with van der Waals surface area (Å²) in [5.41, 5.74) is 0.975. The van der Waals surface area contributed by atoms with E-state index < -0.39 is 23.8 Å². The largest absolute Gasteiger partial charge is 0.497 e. The Balaban J connectivity index is 1.72. The van der Waals surface area contributed by atoms with Crippen molar-refractivity contribution in [2.75, 3.05) is 24.9 Å². The summed E-state index contributed by atoms with van der Waals surface area (Å²) in [6, 6.07) is 13.7. The zero-order chi connectivity index (χ0) is 23.1. The first kappa shape index (κ1) is 22.4. The van der Waals surface area contributed by atoms with Gasteiger partial charge in [-0.2, -0.15) is 0 Å². The summed E-state index contributed by atoms with van der Waals surface area (Å²) in [4.78, 5) is 37.6. The van der Waals surface area contributed by atoms with Gasteiger partial charge in [0.1, 0.15) is 17.5 Å². The molecule has 9 heteroatoms. The number of carbonyl (C=O) groups excluding carboxylic acids is 3. The van der Waals surface area contributed by atoms with Crippen LogP contribution in [0.4, 0.5) is 11.4 Å². The van der Waals surface area contributed by atoms with Crippen LogP contribution in [0.5, 0.6) is 11.5 Å². The van der Waals surface area contributed by atoms with Crippen molar-refractivity contribution in [3.63, 3.8) is 0 Å². The van der Waals surface area contributed by atoms with Gasteiger partial charge in [0.15, 0.2) is 5.76 Å². The van der Waals surface area contributed by atoms with E-state index in [2.05, 4.69) is 16.0 Å². The van der Waals surface area contributed by atoms with Crippen LogP contribution in [0.15, 0.2) is 65.3 Å². The van der Waals surface area contributed by atoms with Gasteiger partial charge in [-0.05, 0) is 43.3 Å². The van der Waals surface area contributed by atoms with Crippen LogP contribution in [-0.4, -0.2) is 38.0 Å². The summed E-state index contributed by atoms with van der Waals surface area (Å²) >= 11 is 0. The van der Waals surface area contributed by atoms with Crippen molar-refractivity contribution in [2.24, 2.45) is 0 Å². The quantitative estimate of drug-likeness (QED) is 0.498. The second-order valence-corrected chi connectivity index (χ2v) is 6.73. The highest BCUT2D eigenvalue weighted by Gasteiger charge is 2.21. The van der Waals surface area contributed by atoms with Gasteiger partial charge in [0.25, 0.3) is 11.8 Å². The molecule has 0 saturated carbocycles. The van der Waals surface area contributed by atoms with Crippen molar-refractivity contribution < 1.29 is 28.3 Å². The predicted molar refractivity (Wildman–Crippen MR) is 118 cm³/mol. The number of anilines is 2. The molecule has 0 fully saturated rings.